The maximum absolute atomic E-state index is 4.35. The molecule has 2 heterocycles. The van der Waals surface area contributed by atoms with Crippen molar-refractivity contribution in [2.45, 2.75) is 12.8 Å². The van der Waals surface area contributed by atoms with E-state index in [-0.39, 0.29) is 24.8 Å². The van der Waals surface area contributed by atoms with Gasteiger partial charge in [-0.2, -0.15) is 0 Å². The molecule has 2 rings (SSSR count). The van der Waals surface area contributed by atoms with Gasteiger partial charge in [-0.15, -0.1) is 24.8 Å². The van der Waals surface area contributed by atoms with Gasteiger partial charge in [-0.05, 0) is 25.9 Å². The van der Waals surface area contributed by atoms with Crippen LogP contribution < -0.4 is 5.32 Å². The van der Waals surface area contributed by atoms with Crippen molar-refractivity contribution >= 4 is 41.7 Å². The number of amidine groups is 1. The molecule has 0 spiro atoms. The average molecular weight is 272 g/mol. The van der Waals surface area contributed by atoms with Crippen LogP contribution in [0.2, 0.25) is 0 Å². The molecule has 0 aromatic carbocycles. The summed E-state index contributed by atoms with van der Waals surface area (Å²) in [6.07, 6.45) is 2.79. The van der Waals surface area contributed by atoms with Crippen LogP contribution in [-0.2, 0) is 0 Å². The first-order valence-electron chi connectivity index (χ1n) is 5.08. The number of hydrogen-bond donors (Lipinski definition) is 1. The molecular weight excluding hydrogens is 253 g/mol. The first-order valence-corrected chi connectivity index (χ1v) is 6.07. The van der Waals surface area contributed by atoms with Crippen LogP contribution in [0.4, 0.5) is 0 Å². The molecule has 6 heteroatoms. The van der Waals surface area contributed by atoms with Gasteiger partial charge in [-0.1, -0.05) is 11.8 Å². The second kappa shape index (κ2) is 8.50. The maximum Gasteiger partial charge on any atom is 0.156 e. The van der Waals surface area contributed by atoms with E-state index in [2.05, 4.69) is 15.2 Å². The lowest BCUT2D eigenvalue weighted by atomic mass is 10.4. The van der Waals surface area contributed by atoms with Gasteiger partial charge in [-0.3, -0.25) is 4.99 Å². The molecule has 3 nitrogen and oxygen atoms in total. The normalized spacial score (nSPS) is 20.1. The minimum Gasteiger partial charge on any atom is -0.363 e. The van der Waals surface area contributed by atoms with Gasteiger partial charge < -0.3 is 10.2 Å². The fourth-order valence-electron chi connectivity index (χ4n) is 1.75. The van der Waals surface area contributed by atoms with Gasteiger partial charge >= 0.3 is 0 Å². The molecule has 0 atom stereocenters. The van der Waals surface area contributed by atoms with Crippen LogP contribution in [0, 0.1) is 0 Å². The zero-order chi connectivity index (χ0) is 8.93. The minimum atomic E-state index is 0. The van der Waals surface area contributed by atoms with Gasteiger partial charge in [0.25, 0.3) is 0 Å². The van der Waals surface area contributed by atoms with Crippen LogP contribution in [-0.4, -0.2) is 48.5 Å². The Morgan fingerprint density at radius 3 is 2.60 bits per heavy atom. The van der Waals surface area contributed by atoms with E-state index in [1.165, 1.54) is 38.2 Å². The largest absolute Gasteiger partial charge is 0.363 e. The molecule has 0 aromatic heterocycles. The zero-order valence-electron chi connectivity index (χ0n) is 8.78. The third-order valence-electron chi connectivity index (χ3n) is 2.49. The van der Waals surface area contributed by atoms with Crippen LogP contribution in [0.5, 0.6) is 0 Å². The molecule has 0 radical (unpaired) electrons. The number of hydrogen-bond acceptors (Lipinski definition) is 4. The van der Waals surface area contributed by atoms with Crippen molar-refractivity contribution in [3.8, 4) is 0 Å². The Kier molecular flexibility index (Phi) is 8.71. The third-order valence-corrected chi connectivity index (χ3v) is 3.42. The van der Waals surface area contributed by atoms with Crippen LogP contribution in [0.25, 0.3) is 0 Å². The van der Waals surface area contributed by atoms with Crippen molar-refractivity contribution in [2.24, 2.45) is 4.99 Å². The lowest BCUT2D eigenvalue weighted by Crippen LogP contribution is -2.23. The summed E-state index contributed by atoms with van der Waals surface area (Å²) < 4.78 is 0. The van der Waals surface area contributed by atoms with Crippen LogP contribution in [0.1, 0.15) is 12.8 Å². The summed E-state index contributed by atoms with van der Waals surface area (Å²) in [5.41, 5.74) is 0. The molecule has 1 saturated heterocycles. The van der Waals surface area contributed by atoms with E-state index in [9.17, 15) is 0 Å². The van der Waals surface area contributed by atoms with E-state index in [4.69, 9.17) is 0 Å². The number of aliphatic imine (C=N–C) groups is 1. The SMILES string of the molecule is C1CCN(CCSC2=NCCN2)C1.Cl.Cl. The fraction of sp³-hybridized carbons (Fsp3) is 0.889. The van der Waals surface area contributed by atoms with E-state index >= 15 is 0 Å². The highest BCUT2D eigenvalue weighted by Crippen LogP contribution is 2.10. The molecule has 0 unspecified atom stereocenters. The molecular formula is C9H19Cl2N3S. The molecule has 2 aliphatic heterocycles. The first-order chi connectivity index (χ1) is 6.45. The van der Waals surface area contributed by atoms with Gasteiger partial charge in [0.2, 0.25) is 0 Å². The third kappa shape index (κ3) is 5.29. The molecule has 1 N–H and O–H groups in total. The van der Waals surface area contributed by atoms with Crippen molar-refractivity contribution in [2.75, 3.05) is 38.5 Å². The van der Waals surface area contributed by atoms with E-state index in [0.29, 0.717) is 0 Å². The van der Waals surface area contributed by atoms with Gasteiger partial charge in [0.1, 0.15) is 0 Å². The molecule has 0 aliphatic carbocycles. The number of nitrogens with one attached hydrogen (secondary N) is 1. The lowest BCUT2D eigenvalue weighted by Gasteiger charge is -2.13. The quantitative estimate of drug-likeness (QED) is 0.846. The molecule has 0 amide bonds. The van der Waals surface area contributed by atoms with Crippen molar-refractivity contribution in [1.82, 2.24) is 10.2 Å². The number of thioether (sulfide) groups is 1. The topological polar surface area (TPSA) is 27.6 Å². The molecule has 2 aliphatic rings. The molecule has 0 aromatic rings. The standard InChI is InChI=1S/C9H17N3S.2ClH/c1-2-6-12(5-1)7-8-13-9-10-3-4-11-9;;/h1-8H2,(H,10,11);2*1H. The summed E-state index contributed by atoms with van der Waals surface area (Å²) in [5, 5.41) is 4.43. The Morgan fingerprint density at radius 2 is 2.00 bits per heavy atom. The second-order valence-corrected chi connectivity index (χ2v) is 4.59. The molecule has 0 bridgehead atoms. The van der Waals surface area contributed by atoms with E-state index in [1.54, 1.807) is 0 Å². The Balaban J connectivity index is 0.000000980. The average Bonchev–Trinajstić information content (AvgIpc) is 2.75. The van der Waals surface area contributed by atoms with Crippen molar-refractivity contribution in [3.05, 3.63) is 0 Å². The van der Waals surface area contributed by atoms with Crippen LogP contribution in [0.15, 0.2) is 4.99 Å². The maximum atomic E-state index is 4.35. The predicted octanol–water partition coefficient (Wildman–Crippen LogP) is 1.62. The Hall–Kier alpha value is 0.360. The molecule has 1 fully saturated rings. The van der Waals surface area contributed by atoms with Gasteiger partial charge in [0.15, 0.2) is 5.17 Å². The van der Waals surface area contributed by atoms with E-state index in [1.807, 2.05) is 11.8 Å². The Bertz CT molecular complexity index is 196. The highest BCUT2D eigenvalue weighted by atomic mass is 35.5. The predicted molar refractivity (Wildman–Crippen MR) is 72.9 cm³/mol. The number of halogens is 2. The van der Waals surface area contributed by atoms with Crippen molar-refractivity contribution in [1.29, 1.82) is 0 Å². The zero-order valence-corrected chi connectivity index (χ0v) is 11.2. The summed E-state index contributed by atoms with van der Waals surface area (Å²) in [6.45, 7) is 5.84. The Morgan fingerprint density at radius 1 is 1.27 bits per heavy atom. The summed E-state index contributed by atoms with van der Waals surface area (Å²) in [7, 11) is 0. The minimum absolute atomic E-state index is 0. The summed E-state index contributed by atoms with van der Waals surface area (Å²) in [4.78, 5) is 6.89. The summed E-state index contributed by atoms with van der Waals surface area (Å²) >= 11 is 1.87. The Labute approximate surface area is 108 Å². The monoisotopic (exact) mass is 271 g/mol. The van der Waals surface area contributed by atoms with E-state index in [0.717, 1.165) is 18.3 Å². The van der Waals surface area contributed by atoms with E-state index < -0.39 is 0 Å². The van der Waals surface area contributed by atoms with Gasteiger partial charge in [0.05, 0.1) is 6.54 Å². The summed E-state index contributed by atoms with van der Waals surface area (Å²) in [5.74, 6) is 1.19. The number of rotatable bonds is 3. The smallest absolute Gasteiger partial charge is 0.156 e. The van der Waals surface area contributed by atoms with Crippen LogP contribution >= 0.6 is 36.6 Å². The van der Waals surface area contributed by atoms with Gasteiger partial charge in [-0.25, -0.2) is 0 Å². The van der Waals surface area contributed by atoms with Crippen molar-refractivity contribution in [3.63, 3.8) is 0 Å². The van der Waals surface area contributed by atoms with Gasteiger partial charge in [0, 0.05) is 18.8 Å². The fourth-order valence-corrected chi connectivity index (χ4v) is 2.68. The lowest BCUT2D eigenvalue weighted by molar-refractivity contribution is 0.362. The second-order valence-electron chi connectivity index (χ2n) is 3.51. The highest BCUT2D eigenvalue weighted by Gasteiger charge is 2.11. The van der Waals surface area contributed by atoms with Crippen LogP contribution in [0.3, 0.4) is 0 Å². The highest BCUT2D eigenvalue weighted by molar-refractivity contribution is 8.13. The first kappa shape index (κ1) is 15.4. The molecule has 0 saturated carbocycles. The number of likely N-dealkylation sites (tertiary alicyclic amines) is 1. The molecule has 15 heavy (non-hydrogen) atoms. The van der Waals surface area contributed by atoms with Crippen molar-refractivity contribution < 1.29 is 0 Å². The molecule has 90 valence electrons. The number of nitrogens with zero attached hydrogens (tertiary/aromatic N) is 2. The summed E-state index contributed by atoms with van der Waals surface area (Å²) in [6, 6.07) is 0.